The van der Waals surface area contributed by atoms with Crippen molar-refractivity contribution in [1.29, 1.82) is 0 Å². The minimum atomic E-state index is -2.03. The average molecular weight is 869 g/mol. The van der Waals surface area contributed by atoms with Crippen LogP contribution >= 0.6 is 0 Å². The Hall–Kier alpha value is -8.71. The summed E-state index contributed by atoms with van der Waals surface area (Å²) in [4.78, 5) is 90.3. The molecule has 0 radical (unpaired) electrons. The van der Waals surface area contributed by atoms with Gasteiger partial charge in [0.2, 0.25) is 0 Å². The summed E-state index contributed by atoms with van der Waals surface area (Å²) in [6.45, 7) is -1.10. The van der Waals surface area contributed by atoms with Gasteiger partial charge in [-0.05, 0) is 63.7 Å². The maximum atomic E-state index is 13.2. The Morgan fingerprint density at radius 2 is 1.15 bits per heavy atom. The molecular formula is C28H36N24O10. The fourth-order valence-corrected chi connectivity index (χ4v) is 4.71. The van der Waals surface area contributed by atoms with Gasteiger partial charge in [0, 0.05) is 47.6 Å². The van der Waals surface area contributed by atoms with Crippen molar-refractivity contribution < 1.29 is 42.9 Å². The Kier molecular flexibility index (Phi) is 23.0. The van der Waals surface area contributed by atoms with Crippen molar-refractivity contribution in [3.05, 3.63) is 110 Å². The summed E-state index contributed by atoms with van der Waals surface area (Å²) in [6, 6.07) is 2.06. The number of benzene rings is 1. The molecule has 0 saturated heterocycles. The van der Waals surface area contributed by atoms with Crippen LogP contribution in [0.5, 0.6) is 5.75 Å². The SMILES string of the molecule is C=CCOC(=O)[C@H](Cc1ccc(OC(=O)NCCC[C@@H](C(=O)N=O)N(N)C(=O)OC(CN=[N+]=[N-])(CN=[N+]=[N-])CN=[N+]=[N-])cc1)N(N)C(=O)OC(CN=[N+]=[N-])(CN=[N+]=[N-])CN=[N+]=[N-]. The van der Waals surface area contributed by atoms with Crippen molar-refractivity contribution in [2.45, 2.75) is 42.5 Å². The first-order valence-corrected chi connectivity index (χ1v) is 17.0. The monoisotopic (exact) mass is 868 g/mol. The Balaban J connectivity index is 3.07. The normalized spacial score (nSPS) is 12.7. The van der Waals surface area contributed by atoms with Gasteiger partial charge in [0.25, 0.3) is 0 Å². The molecule has 1 aromatic carbocycles. The van der Waals surface area contributed by atoms with Crippen molar-refractivity contribution >= 4 is 30.2 Å². The molecule has 1 rings (SSSR count). The molecule has 0 aliphatic carbocycles. The molecule has 0 fully saturated rings. The summed E-state index contributed by atoms with van der Waals surface area (Å²) >= 11 is 0. The van der Waals surface area contributed by atoms with Gasteiger partial charge >= 0.3 is 30.2 Å². The number of rotatable bonds is 27. The van der Waals surface area contributed by atoms with Crippen LogP contribution in [0, 0.1) is 4.91 Å². The highest BCUT2D eigenvalue weighted by molar-refractivity contribution is 5.86. The molecule has 0 unspecified atom stereocenters. The maximum absolute atomic E-state index is 13.2. The molecule has 5 N–H and O–H groups in total. The largest absolute Gasteiger partial charge is 0.460 e. The van der Waals surface area contributed by atoms with Crippen molar-refractivity contribution in [1.82, 2.24) is 15.3 Å². The van der Waals surface area contributed by atoms with Crippen LogP contribution in [0.3, 0.4) is 0 Å². The summed E-state index contributed by atoms with van der Waals surface area (Å²) in [5.41, 5.74) is 48.9. The highest BCUT2D eigenvalue weighted by atomic mass is 16.6. The lowest BCUT2D eigenvalue weighted by molar-refractivity contribution is -0.148. The number of hydrogen-bond acceptors (Lipinski definition) is 18. The number of nitrogens with two attached hydrogens (primary N) is 2. The predicted molar refractivity (Wildman–Crippen MR) is 207 cm³/mol. The zero-order chi connectivity index (χ0) is 46.4. The number of esters is 1. The lowest BCUT2D eigenvalue weighted by atomic mass is 10.0. The summed E-state index contributed by atoms with van der Waals surface area (Å²) < 4.78 is 20.9. The second-order valence-electron chi connectivity index (χ2n) is 11.9. The van der Waals surface area contributed by atoms with Crippen LogP contribution in [0.15, 0.2) is 72.8 Å². The lowest BCUT2D eigenvalue weighted by Gasteiger charge is -2.33. The first-order valence-electron chi connectivity index (χ1n) is 17.0. The average Bonchev–Trinajstić information content (AvgIpc) is 3.27. The second-order valence-corrected chi connectivity index (χ2v) is 11.9. The predicted octanol–water partition coefficient (Wildman–Crippen LogP) is 4.82. The molecule has 34 heteroatoms. The van der Waals surface area contributed by atoms with Gasteiger partial charge in [-0.15, -0.1) is 4.91 Å². The number of carbonyl (C=O) groups is 5. The molecule has 2 atom stereocenters. The number of carbonyl (C=O) groups excluding carboxylic acids is 5. The maximum Gasteiger partial charge on any atom is 0.425 e. The number of nitrogens with zero attached hydrogens (tertiary/aromatic N) is 21. The fraction of sp³-hybridized carbons (Fsp3) is 0.536. The van der Waals surface area contributed by atoms with E-state index in [2.05, 4.69) is 77.2 Å². The van der Waals surface area contributed by atoms with Crippen LogP contribution in [-0.4, -0.2) is 116 Å². The van der Waals surface area contributed by atoms with Gasteiger partial charge in [-0.3, -0.25) is 4.79 Å². The topological polar surface area (TPSA) is 515 Å². The zero-order valence-corrected chi connectivity index (χ0v) is 32.2. The van der Waals surface area contributed by atoms with Crippen molar-refractivity contribution in [2.24, 2.45) is 47.5 Å². The van der Waals surface area contributed by atoms with E-state index in [1.54, 1.807) is 0 Å². The van der Waals surface area contributed by atoms with E-state index in [1.165, 1.54) is 30.3 Å². The smallest absolute Gasteiger partial charge is 0.425 e. The highest BCUT2D eigenvalue weighted by Crippen LogP contribution is 2.21. The minimum Gasteiger partial charge on any atom is -0.460 e. The third kappa shape index (κ3) is 17.4. The molecular weight excluding hydrogens is 832 g/mol. The van der Waals surface area contributed by atoms with E-state index < -0.39 is 92.7 Å². The molecule has 34 nitrogen and oxygen atoms in total. The summed E-state index contributed by atoms with van der Waals surface area (Å²) in [6.07, 6.45) is -3.47. The number of hydrogen-bond donors (Lipinski definition) is 3. The van der Waals surface area contributed by atoms with Crippen molar-refractivity contribution in [3.8, 4) is 5.75 Å². The van der Waals surface area contributed by atoms with E-state index in [4.69, 9.17) is 63.8 Å². The van der Waals surface area contributed by atoms with Gasteiger partial charge < -0.3 is 24.3 Å². The summed E-state index contributed by atoms with van der Waals surface area (Å²) in [5.74, 6) is 9.31. The Bertz CT molecular complexity index is 1960. The number of ether oxygens (including phenoxy) is 4. The number of hydrazine groups is 2. The van der Waals surface area contributed by atoms with Crippen LogP contribution in [0.25, 0.3) is 62.7 Å². The Morgan fingerprint density at radius 1 is 0.726 bits per heavy atom. The molecule has 0 aliphatic rings. The first-order chi connectivity index (χ1) is 29.7. The third-order valence-corrected chi connectivity index (χ3v) is 7.71. The van der Waals surface area contributed by atoms with E-state index in [0.29, 0.717) is 10.6 Å². The Labute approximate surface area is 346 Å². The van der Waals surface area contributed by atoms with Crippen LogP contribution < -0.4 is 21.7 Å². The van der Waals surface area contributed by atoms with Gasteiger partial charge in [-0.2, -0.15) is 0 Å². The second kappa shape index (κ2) is 27.8. The minimum absolute atomic E-state index is 0.0280. The van der Waals surface area contributed by atoms with Crippen LogP contribution in [-0.2, 0) is 30.2 Å². The van der Waals surface area contributed by atoms with Gasteiger partial charge in [0.05, 0.1) is 39.3 Å². The van der Waals surface area contributed by atoms with Gasteiger partial charge in [0.1, 0.15) is 29.6 Å². The first kappa shape index (κ1) is 51.3. The molecule has 4 amide bonds. The molecule has 0 aliphatic heterocycles. The van der Waals surface area contributed by atoms with Crippen molar-refractivity contribution in [2.75, 3.05) is 52.4 Å². The number of amides is 4. The van der Waals surface area contributed by atoms with Gasteiger partial charge in [-0.1, -0.05) is 55.5 Å². The Morgan fingerprint density at radius 3 is 1.53 bits per heavy atom. The molecule has 0 spiro atoms. The summed E-state index contributed by atoms with van der Waals surface area (Å²) in [7, 11) is 0. The van der Waals surface area contributed by atoms with E-state index in [1.807, 2.05) is 0 Å². The standard InChI is InChI=1S/C28H36N24O10/c1-2-10-59-23(54)21(52(36)26(57)62-28(15-41-48-32,16-42-49-33)17-43-50-34)11-18-5-7-19(8-6-18)60-24(55)37-9-3-4-20(22(53)44-58)51(35)25(56)61-27(12-38-45-29,13-39-46-30)14-40-47-31/h2,5-8,20-21H,1,3-4,9-17,35-36H2,(H,37,55)/t20-,21-/m0/s1. The summed E-state index contributed by atoms with van der Waals surface area (Å²) in [5, 5.41) is 24.9. The van der Waals surface area contributed by atoms with E-state index in [0.717, 1.165) is 0 Å². The zero-order valence-electron chi connectivity index (χ0n) is 32.2. The molecule has 62 heavy (non-hydrogen) atoms. The molecule has 1 aromatic rings. The van der Waals surface area contributed by atoms with Gasteiger partial charge in [0.15, 0.2) is 6.04 Å². The van der Waals surface area contributed by atoms with Crippen LogP contribution in [0.2, 0.25) is 0 Å². The van der Waals surface area contributed by atoms with Crippen molar-refractivity contribution in [3.63, 3.8) is 0 Å². The van der Waals surface area contributed by atoms with E-state index in [9.17, 15) is 28.9 Å². The van der Waals surface area contributed by atoms with E-state index >= 15 is 0 Å². The lowest BCUT2D eigenvalue weighted by Crippen LogP contribution is -2.55. The molecule has 0 aromatic heterocycles. The quantitative estimate of drug-likeness (QED) is 0.00915. The number of nitroso groups, excluding NO2 is 1. The van der Waals surface area contributed by atoms with Crippen LogP contribution in [0.4, 0.5) is 14.4 Å². The number of azide groups is 6. The van der Waals surface area contributed by atoms with E-state index in [-0.39, 0.29) is 43.2 Å². The highest BCUT2D eigenvalue weighted by Gasteiger charge is 2.39. The van der Waals surface area contributed by atoms with Crippen LogP contribution in [0.1, 0.15) is 18.4 Å². The molecule has 0 bridgehead atoms. The number of nitrogens with one attached hydrogen (secondary N) is 1. The van der Waals surface area contributed by atoms with Gasteiger partial charge in [-0.25, -0.2) is 40.9 Å². The molecule has 328 valence electrons. The fourth-order valence-electron chi connectivity index (χ4n) is 4.71. The third-order valence-electron chi connectivity index (χ3n) is 7.71. The molecule has 0 saturated carbocycles. The molecule has 0 heterocycles.